The van der Waals surface area contributed by atoms with Crippen molar-refractivity contribution in [1.82, 2.24) is 5.32 Å². The van der Waals surface area contributed by atoms with Gasteiger partial charge in [0, 0.05) is 31.7 Å². The van der Waals surface area contributed by atoms with Crippen LogP contribution in [0, 0.1) is 6.92 Å². The lowest BCUT2D eigenvalue weighted by atomic mass is 9.98. The molecule has 1 unspecified atom stereocenters. The minimum atomic E-state index is 0.122. The fourth-order valence-electron chi connectivity index (χ4n) is 1.73. The van der Waals surface area contributed by atoms with E-state index < -0.39 is 0 Å². The Kier molecular flexibility index (Phi) is 11.7. The van der Waals surface area contributed by atoms with Gasteiger partial charge in [-0.25, -0.2) is 0 Å². The Balaban J connectivity index is 0.000000621. The Labute approximate surface area is 127 Å². The quantitative estimate of drug-likeness (QED) is 0.811. The molecule has 0 aliphatic rings. The molecule has 1 atom stereocenters. The average Bonchev–Trinajstić information content (AvgIpc) is 2.43. The minimum absolute atomic E-state index is 0.122. The van der Waals surface area contributed by atoms with Crippen LogP contribution in [0.2, 0.25) is 5.02 Å². The average molecular weight is 304 g/mol. The number of aliphatic hydroxyl groups is 1. The molecule has 4 nitrogen and oxygen atoms in total. The second-order valence-corrected chi connectivity index (χ2v) is 4.84. The largest absolute Gasteiger partial charge is 0.394 e. The summed E-state index contributed by atoms with van der Waals surface area (Å²) in [6.45, 7) is 4.22. The Bertz CT molecular complexity index is 353. The Hall–Kier alpha value is -0.650. The molecule has 0 saturated carbocycles. The zero-order chi connectivity index (χ0) is 15.4. The summed E-state index contributed by atoms with van der Waals surface area (Å²) in [6.07, 6.45) is 0. The van der Waals surface area contributed by atoms with Crippen molar-refractivity contribution in [1.29, 1.82) is 0 Å². The van der Waals surface area contributed by atoms with Gasteiger partial charge in [-0.15, -0.1) is 0 Å². The van der Waals surface area contributed by atoms with E-state index in [0.29, 0.717) is 12.5 Å². The van der Waals surface area contributed by atoms with Gasteiger partial charge in [-0.3, -0.25) is 0 Å². The summed E-state index contributed by atoms with van der Waals surface area (Å²) in [5.74, 6) is 0.385. The van der Waals surface area contributed by atoms with Crippen LogP contribution < -0.4 is 5.32 Å². The molecule has 1 aromatic rings. The molecular formula is C15H26ClNO3. The minimum Gasteiger partial charge on any atom is -0.394 e. The molecule has 0 bridgehead atoms. The fraction of sp³-hybridized carbons (Fsp3) is 0.600. The summed E-state index contributed by atoms with van der Waals surface area (Å²) in [5.41, 5.74) is 2.39. The van der Waals surface area contributed by atoms with Gasteiger partial charge in [0.05, 0.1) is 19.8 Å². The maximum absolute atomic E-state index is 7.94. The Morgan fingerprint density at radius 2 is 2.00 bits per heavy atom. The van der Waals surface area contributed by atoms with Gasteiger partial charge >= 0.3 is 0 Å². The van der Waals surface area contributed by atoms with E-state index in [1.165, 1.54) is 5.56 Å². The highest BCUT2D eigenvalue weighted by Gasteiger charge is 2.11. The van der Waals surface area contributed by atoms with Crippen molar-refractivity contribution in [2.45, 2.75) is 12.8 Å². The van der Waals surface area contributed by atoms with Crippen LogP contribution in [-0.4, -0.2) is 52.7 Å². The first-order valence-electron chi connectivity index (χ1n) is 6.60. The highest BCUT2D eigenvalue weighted by molar-refractivity contribution is 6.31. The van der Waals surface area contributed by atoms with Crippen molar-refractivity contribution in [3.63, 3.8) is 0 Å². The lowest BCUT2D eigenvalue weighted by Crippen LogP contribution is -2.21. The van der Waals surface area contributed by atoms with Crippen molar-refractivity contribution in [2.75, 3.05) is 47.6 Å². The molecular weight excluding hydrogens is 278 g/mol. The number of hydrogen-bond acceptors (Lipinski definition) is 4. The van der Waals surface area contributed by atoms with Crippen molar-refractivity contribution >= 4 is 11.6 Å². The summed E-state index contributed by atoms with van der Waals surface area (Å²) < 4.78 is 9.65. The number of methoxy groups -OCH3 is 2. The molecule has 5 heteroatoms. The van der Waals surface area contributed by atoms with E-state index in [-0.39, 0.29) is 6.61 Å². The van der Waals surface area contributed by atoms with E-state index in [4.69, 9.17) is 21.4 Å². The van der Waals surface area contributed by atoms with E-state index in [1.807, 2.05) is 20.0 Å². The van der Waals surface area contributed by atoms with Crippen LogP contribution in [0.15, 0.2) is 18.2 Å². The molecule has 0 aliphatic heterocycles. The predicted octanol–water partition coefficient (Wildman–Crippen LogP) is 2.22. The molecule has 1 rings (SSSR count). The molecule has 0 amide bonds. The van der Waals surface area contributed by atoms with Gasteiger partial charge in [0.2, 0.25) is 0 Å². The molecule has 0 fully saturated rings. The normalized spacial score (nSPS) is 11.7. The smallest absolute Gasteiger partial charge is 0.0693 e. The molecule has 0 heterocycles. The lowest BCUT2D eigenvalue weighted by Gasteiger charge is -2.16. The van der Waals surface area contributed by atoms with Gasteiger partial charge < -0.3 is 19.9 Å². The molecule has 20 heavy (non-hydrogen) atoms. The molecule has 0 spiro atoms. The number of likely N-dealkylation sites (N-methyl/N-ethyl adjacent to an activating group) is 1. The standard InChI is InChI=1S/C12H18ClNO.C3H8O2/c1-9-6-10(4-5-12(9)13)11(7-14-2)8-15-3;1-5-3-2-4/h4-6,11,14H,7-8H2,1-3H3;4H,2-3H2,1H3. The number of benzene rings is 1. The topological polar surface area (TPSA) is 50.7 Å². The van der Waals surface area contributed by atoms with E-state index in [0.717, 1.165) is 23.7 Å². The van der Waals surface area contributed by atoms with Crippen molar-refractivity contribution in [3.05, 3.63) is 34.3 Å². The van der Waals surface area contributed by atoms with E-state index in [1.54, 1.807) is 14.2 Å². The molecule has 2 N–H and O–H groups in total. The molecule has 0 aliphatic carbocycles. The summed E-state index contributed by atoms with van der Waals surface area (Å²) in [7, 11) is 5.23. The number of nitrogens with one attached hydrogen (secondary N) is 1. The summed E-state index contributed by atoms with van der Waals surface area (Å²) in [5, 5.41) is 11.9. The third-order valence-corrected chi connectivity index (χ3v) is 3.19. The second-order valence-electron chi connectivity index (χ2n) is 4.43. The third kappa shape index (κ3) is 7.82. The maximum atomic E-state index is 7.94. The van der Waals surface area contributed by atoms with Crippen LogP contribution >= 0.6 is 11.6 Å². The maximum Gasteiger partial charge on any atom is 0.0693 e. The first kappa shape index (κ1) is 19.4. The van der Waals surface area contributed by atoms with Gasteiger partial charge in [-0.2, -0.15) is 0 Å². The van der Waals surface area contributed by atoms with Gasteiger partial charge in [0.1, 0.15) is 0 Å². The number of aryl methyl sites for hydroxylation is 1. The van der Waals surface area contributed by atoms with Crippen molar-refractivity contribution in [3.8, 4) is 0 Å². The van der Waals surface area contributed by atoms with Crippen LogP contribution in [0.3, 0.4) is 0 Å². The van der Waals surface area contributed by atoms with Gasteiger partial charge in [-0.1, -0.05) is 23.7 Å². The van der Waals surface area contributed by atoms with Crippen LogP contribution in [0.5, 0.6) is 0 Å². The monoisotopic (exact) mass is 303 g/mol. The van der Waals surface area contributed by atoms with Gasteiger partial charge in [0.15, 0.2) is 0 Å². The van der Waals surface area contributed by atoms with E-state index >= 15 is 0 Å². The molecule has 1 aromatic carbocycles. The van der Waals surface area contributed by atoms with E-state index in [9.17, 15) is 0 Å². The number of hydrogen-bond donors (Lipinski definition) is 2. The number of halogens is 1. The third-order valence-electron chi connectivity index (χ3n) is 2.77. The molecule has 0 aromatic heterocycles. The van der Waals surface area contributed by atoms with Crippen LogP contribution in [0.25, 0.3) is 0 Å². The predicted molar refractivity (Wildman–Crippen MR) is 83.7 cm³/mol. The molecule has 0 radical (unpaired) electrons. The van der Waals surface area contributed by atoms with Crippen LogP contribution in [0.4, 0.5) is 0 Å². The summed E-state index contributed by atoms with van der Waals surface area (Å²) in [4.78, 5) is 0. The zero-order valence-corrected chi connectivity index (χ0v) is 13.5. The van der Waals surface area contributed by atoms with E-state index in [2.05, 4.69) is 22.2 Å². The number of ether oxygens (including phenoxy) is 2. The number of rotatable bonds is 7. The highest BCUT2D eigenvalue weighted by atomic mass is 35.5. The lowest BCUT2D eigenvalue weighted by molar-refractivity contribution is 0.135. The summed E-state index contributed by atoms with van der Waals surface area (Å²) >= 11 is 5.99. The second kappa shape index (κ2) is 12.1. The zero-order valence-electron chi connectivity index (χ0n) is 12.8. The fourth-order valence-corrected chi connectivity index (χ4v) is 1.85. The van der Waals surface area contributed by atoms with Crippen LogP contribution in [-0.2, 0) is 9.47 Å². The van der Waals surface area contributed by atoms with Crippen molar-refractivity contribution in [2.24, 2.45) is 0 Å². The Morgan fingerprint density at radius 1 is 1.30 bits per heavy atom. The first-order valence-corrected chi connectivity index (χ1v) is 6.97. The summed E-state index contributed by atoms with van der Waals surface area (Å²) in [6, 6.07) is 6.14. The molecule has 116 valence electrons. The van der Waals surface area contributed by atoms with Crippen LogP contribution in [0.1, 0.15) is 17.0 Å². The Morgan fingerprint density at radius 3 is 2.40 bits per heavy atom. The molecule has 0 saturated heterocycles. The van der Waals surface area contributed by atoms with Crippen molar-refractivity contribution < 1.29 is 14.6 Å². The van der Waals surface area contributed by atoms with Gasteiger partial charge in [0.25, 0.3) is 0 Å². The number of aliphatic hydroxyl groups excluding tert-OH is 1. The van der Waals surface area contributed by atoms with Gasteiger partial charge in [-0.05, 0) is 31.2 Å². The SMILES string of the molecule is CNCC(COC)c1ccc(Cl)c(C)c1.COCCO. The first-order chi connectivity index (χ1) is 9.60. The highest BCUT2D eigenvalue weighted by Crippen LogP contribution is 2.22.